The fourth-order valence-electron chi connectivity index (χ4n) is 4.02. The molecule has 1 aromatic heterocycles. The first-order chi connectivity index (χ1) is 15.9. The van der Waals surface area contributed by atoms with E-state index < -0.39 is 23.5 Å². The molecule has 8 nitrogen and oxygen atoms in total. The summed E-state index contributed by atoms with van der Waals surface area (Å²) in [6.07, 6.45) is 1.67. The van der Waals surface area contributed by atoms with Crippen LogP contribution in [0, 0.1) is 0 Å². The van der Waals surface area contributed by atoms with Gasteiger partial charge in [-0.2, -0.15) is 18.0 Å². The SMILES string of the molecule is O=C1Nc2ccccc2C1CC(=O)N1Cc2cn(S(=O)c3ccc(OC(F)F)cc3)nc2C1. The van der Waals surface area contributed by atoms with Crippen LogP contribution in [-0.2, 0) is 33.7 Å². The number of amides is 2. The van der Waals surface area contributed by atoms with Crippen molar-refractivity contribution in [1.29, 1.82) is 0 Å². The third kappa shape index (κ3) is 4.11. The summed E-state index contributed by atoms with van der Waals surface area (Å²) in [5.74, 6) is -0.897. The van der Waals surface area contributed by atoms with Crippen LogP contribution >= 0.6 is 0 Å². The normalized spacial score (nSPS) is 17.6. The Morgan fingerprint density at radius 2 is 1.94 bits per heavy atom. The van der Waals surface area contributed by atoms with E-state index in [2.05, 4.69) is 15.2 Å². The Bertz CT molecular complexity index is 1240. The van der Waals surface area contributed by atoms with Gasteiger partial charge in [-0.3, -0.25) is 9.59 Å². The highest BCUT2D eigenvalue weighted by Crippen LogP contribution is 2.35. The highest BCUT2D eigenvalue weighted by atomic mass is 32.2. The summed E-state index contributed by atoms with van der Waals surface area (Å²) in [4.78, 5) is 27.2. The summed E-state index contributed by atoms with van der Waals surface area (Å²) in [6, 6.07) is 12.8. The first-order valence-electron chi connectivity index (χ1n) is 10.1. The van der Waals surface area contributed by atoms with Crippen molar-refractivity contribution in [2.24, 2.45) is 0 Å². The van der Waals surface area contributed by atoms with Crippen LogP contribution in [0.1, 0.15) is 29.2 Å². The van der Waals surface area contributed by atoms with Crippen molar-refractivity contribution in [2.45, 2.75) is 36.9 Å². The van der Waals surface area contributed by atoms with Gasteiger partial charge in [-0.05, 0) is 35.9 Å². The Balaban J connectivity index is 1.24. The molecule has 2 unspecified atom stereocenters. The number of nitrogens with one attached hydrogen (secondary N) is 1. The smallest absolute Gasteiger partial charge is 0.387 e. The number of hydrogen-bond acceptors (Lipinski definition) is 5. The van der Waals surface area contributed by atoms with E-state index in [1.807, 2.05) is 24.3 Å². The minimum atomic E-state index is -2.93. The second-order valence-corrected chi connectivity index (χ2v) is 9.03. The maximum Gasteiger partial charge on any atom is 0.387 e. The zero-order chi connectivity index (χ0) is 23.1. The second kappa shape index (κ2) is 8.39. The lowest BCUT2D eigenvalue weighted by atomic mass is 9.97. The number of aromatic nitrogens is 2. The van der Waals surface area contributed by atoms with Gasteiger partial charge in [-0.15, -0.1) is 0 Å². The Hall–Kier alpha value is -3.60. The van der Waals surface area contributed by atoms with Crippen molar-refractivity contribution in [1.82, 2.24) is 14.1 Å². The zero-order valence-corrected chi connectivity index (χ0v) is 17.9. The first kappa shape index (κ1) is 21.3. The van der Waals surface area contributed by atoms with Gasteiger partial charge in [0.25, 0.3) is 0 Å². The molecule has 0 saturated heterocycles. The van der Waals surface area contributed by atoms with Gasteiger partial charge in [-0.25, -0.2) is 4.21 Å². The predicted octanol–water partition coefficient (Wildman–Crippen LogP) is 3.02. The lowest BCUT2D eigenvalue weighted by molar-refractivity contribution is -0.134. The van der Waals surface area contributed by atoms with E-state index in [1.54, 1.807) is 11.1 Å². The number of anilines is 1. The maximum absolute atomic E-state index is 12.9. The molecule has 170 valence electrons. The molecule has 2 aliphatic rings. The predicted molar refractivity (Wildman–Crippen MR) is 114 cm³/mol. The third-order valence-electron chi connectivity index (χ3n) is 5.62. The Morgan fingerprint density at radius 1 is 1.18 bits per heavy atom. The fraction of sp³-hybridized carbons (Fsp3) is 0.227. The van der Waals surface area contributed by atoms with Crippen molar-refractivity contribution in [3.8, 4) is 5.75 Å². The second-order valence-electron chi connectivity index (χ2n) is 7.69. The van der Waals surface area contributed by atoms with E-state index >= 15 is 0 Å². The fourth-order valence-corrected chi connectivity index (χ4v) is 5.00. The highest BCUT2D eigenvalue weighted by Gasteiger charge is 2.35. The van der Waals surface area contributed by atoms with Crippen molar-refractivity contribution in [3.05, 3.63) is 71.5 Å². The molecule has 0 radical (unpaired) electrons. The van der Waals surface area contributed by atoms with E-state index in [-0.39, 0.29) is 30.5 Å². The number of halogens is 2. The summed E-state index contributed by atoms with van der Waals surface area (Å²) in [7, 11) is -1.67. The molecule has 0 aliphatic carbocycles. The minimum absolute atomic E-state index is 0.0265. The molecule has 2 aliphatic heterocycles. The average Bonchev–Trinajstić information content (AvgIpc) is 3.45. The molecular formula is C22H18F2N4O4S. The largest absolute Gasteiger partial charge is 0.435 e. The van der Waals surface area contributed by atoms with E-state index in [0.717, 1.165) is 16.8 Å². The topological polar surface area (TPSA) is 93.5 Å². The van der Waals surface area contributed by atoms with Crippen LogP contribution in [0.2, 0.25) is 0 Å². The third-order valence-corrected chi connectivity index (χ3v) is 6.82. The maximum atomic E-state index is 12.9. The highest BCUT2D eigenvalue weighted by molar-refractivity contribution is 7.83. The lowest BCUT2D eigenvalue weighted by Crippen LogP contribution is -2.29. The van der Waals surface area contributed by atoms with E-state index in [1.165, 1.54) is 28.4 Å². The van der Waals surface area contributed by atoms with Crippen LogP contribution in [-0.4, -0.2) is 36.7 Å². The molecule has 0 saturated carbocycles. The molecule has 5 rings (SSSR count). The standard InChI is InChI=1S/C22H18F2N4O4S/c23-22(24)32-14-5-7-15(8-6-14)33(31)28-11-13-10-27(12-19(13)26-28)20(29)9-17-16-3-1-2-4-18(16)25-21(17)30/h1-8,11,17,22H,9-10,12H2,(H,25,30). The summed E-state index contributed by atoms with van der Waals surface area (Å²) < 4.78 is 42.9. The Labute approximate surface area is 189 Å². The van der Waals surface area contributed by atoms with Crippen molar-refractivity contribution < 1.29 is 27.3 Å². The van der Waals surface area contributed by atoms with Crippen LogP contribution in [0.5, 0.6) is 5.75 Å². The van der Waals surface area contributed by atoms with E-state index in [0.29, 0.717) is 17.1 Å². The molecule has 33 heavy (non-hydrogen) atoms. The first-order valence-corrected chi connectivity index (χ1v) is 11.2. The summed E-state index contributed by atoms with van der Waals surface area (Å²) >= 11 is 0. The molecule has 2 aromatic carbocycles. The number of benzene rings is 2. The van der Waals surface area contributed by atoms with Crippen LogP contribution in [0.15, 0.2) is 59.6 Å². The molecule has 2 amide bonds. The van der Waals surface area contributed by atoms with Crippen LogP contribution < -0.4 is 10.1 Å². The number of fused-ring (bicyclic) bond motifs is 2. The summed E-state index contributed by atoms with van der Waals surface area (Å²) in [6.45, 7) is -2.36. The van der Waals surface area contributed by atoms with Crippen molar-refractivity contribution >= 4 is 28.5 Å². The van der Waals surface area contributed by atoms with Gasteiger partial charge in [0, 0.05) is 30.4 Å². The van der Waals surface area contributed by atoms with Crippen LogP contribution in [0.25, 0.3) is 0 Å². The quantitative estimate of drug-likeness (QED) is 0.595. The Kier molecular flexibility index (Phi) is 5.41. The molecule has 0 spiro atoms. The van der Waals surface area contributed by atoms with Gasteiger partial charge in [0.1, 0.15) is 5.75 Å². The monoisotopic (exact) mass is 472 g/mol. The van der Waals surface area contributed by atoms with Gasteiger partial charge in [-0.1, -0.05) is 18.2 Å². The number of ether oxygens (including phenoxy) is 1. The number of hydrogen-bond donors (Lipinski definition) is 1. The van der Waals surface area contributed by atoms with Gasteiger partial charge in [0.15, 0.2) is 11.0 Å². The van der Waals surface area contributed by atoms with Crippen LogP contribution in [0.4, 0.5) is 14.5 Å². The number of para-hydroxylation sites is 1. The van der Waals surface area contributed by atoms with Crippen molar-refractivity contribution in [3.63, 3.8) is 0 Å². The van der Waals surface area contributed by atoms with Crippen LogP contribution in [0.3, 0.4) is 0 Å². The molecular weight excluding hydrogens is 454 g/mol. The van der Waals surface area contributed by atoms with E-state index in [4.69, 9.17) is 0 Å². The van der Waals surface area contributed by atoms with Gasteiger partial charge in [0.05, 0.1) is 23.1 Å². The molecule has 2 atom stereocenters. The molecule has 3 aromatic rings. The molecule has 0 fully saturated rings. The number of carbonyl (C=O) groups is 2. The molecule has 0 bridgehead atoms. The van der Waals surface area contributed by atoms with E-state index in [9.17, 15) is 22.6 Å². The molecule has 11 heteroatoms. The number of carbonyl (C=O) groups excluding carboxylic acids is 2. The van der Waals surface area contributed by atoms with Gasteiger partial charge >= 0.3 is 6.61 Å². The number of rotatable bonds is 6. The van der Waals surface area contributed by atoms with Gasteiger partial charge < -0.3 is 15.0 Å². The number of alkyl halides is 2. The average molecular weight is 472 g/mol. The van der Waals surface area contributed by atoms with Gasteiger partial charge in [0.2, 0.25) is 11.8 Å². The molecule has 3 heterocycles. The lowest BCUT2D eigenvalue weighted by Gasteiger charge is -2.18. The zero-order valence-electron chi connectivity index (χ0n) is 17.1. The number of nitrogens with zero attached hydrogens (tertiary/aromatic N) is 3. The Morgan fingerprint density at radius 3 is 2.67 bits per heavy atom. The summed E-state index contributed by atoms with van der Waals surface area (Å²) in [5, 5.41) is 7.14. The molecule has 1 N–H and O–H groups in total. The van der Waals surface area contributed by atoms with Crippen molar-refractivity contribution in [2.75, 3.05) is 5.32 Å². The minimum Gasteiger partial charge on any atom is -0.435 e. The summed E-state index contributed by atoms with van der Waals surface area (Å²) in [5.41, 5.74) is 2.95.